The fraction of sp³-hybridized carbons (Fsp3) is 0.278. The molecule has 1 saturated heterocycles. The van der Waals surface area contributed by atoms with Crippen molar-refractivity contribution in [1.29, 1.82) is 0 Å². The standard InChI is InChI=1S/C18H21N3O3/c1-24-18-5-3-2-4-16(18)20-8-10-21(11-9-20)19-13-14-6-7-15(22)12-17(14)23/h2-7,12-13,22-23H,8-11H2,1H3/b19-13-. The molecule has 0 saturated carbocycles. The van der Waals surface area contributed by atoms with Crippen molar-refractivity contribution in [2.45, 2.75) is 0 Å². The molecule has 2 aromatic rings. The number of hydrazone groups is 1. The summed E-state index contributed by atoms with van der Waals surface area (Å²) in [5.74, 6) is 0.935. The van der Waals surface area contributed by atoms with Gasteiger partial charge in [0.15, 0.2) is 0 Å². The number of aromatic hydroxyl groups is 2. The molecule has 1 aliphatic heterocycles. The third-order valence-corrected chi connectivity index (χ3v) is 4.06. The summed E-state index contributed by atoms with van der Waals surface area (Å²) in [6.07, 6.45) is 1.62. The van der Waals surface area contributed by atoms with Crippen LogP contribution in [0.15, 0.2) is 47.6 Å². The van der Waals surface area contributed by atoms with Gasteiger partial charge in [-0.2, -0.15) is 5.10 Å². The van der Waals surface area contributed by atoms with Gasteiger partial charge in [-0.15, -0.1) is 0 Å². The number of para-hydroxylation sites is 2. The first kappa shape index (κ1) is 16.0. The van der Waals surface area contributed by atoms with E-state index in [9.17, 15) is 10.2 Å². The molecule has 1 heterocycles. The minimum atomic E-state index is 0.0198. The molecule has 0 atom stereocenters. The van der Waals surface area contributed by atoms with E-state index < -0.39 is 0 Å². The van der Waals surface area contributed by atoms with Gasteiger partial charge in [-0.05, 0) is 24.3 Å². The van der Waals surface area contributed by atoms with Crippen molar-refractivity contribution < 1.29 is 14.9 Å². The van der Waals surface area contributed by atoms with Gasteiger partial charge in [0.2, 0.25) is 0 Å². The molecular formula is C18H21N3O3. The molecule has 2 N–H and O–H groups in total. The molecule has 0 amide bonds. The second kappa shape index (κ2) is 7.12. The molecule has 1 aliphatic rings. The molecule has 1 fully saturated rings. The van der Waals surface area contributed by atoms with E-state index in [1.165, 1.54) is 12.1 Å². The van der Waals surface area contributed by atoms with Crippen LogP contribution in [0.3, 0.4) is 0 Å². The first-order valence-corrected chi connectivity index (χ1v) is 7.86. The van der Waals surface area contributed by atoms with E-state index in [2.05, 4.69) is 16.1 Å². The molecule has 6 nitrogen and oxygen atoms in total. The fourth-order valence-electron chi connectivity index (χ4n) is 2.73. The second-order valence-corrected chi connectivity index (χ2v) is 5.60. The molecular weight excluding hydrogens is 306 g/mol. The zero-order chi connectivity index (χ0) is 16.9. The number of ether oxygens (including phenoxy) is 1. The average molecular weight is 327 g/mol. The Morgan fingerprint density at radius 3 is 2.50 bits per heavy atom. The second-order valence-electron chi connectivity index (χ2n) is 5.60. The summed E-state index contributed by atoms with van der Waals surface area (Å²) in [5.41, 5.74) is 1.68. The average Bonchev–Trinajstić information content (AvgIpc) is 2.61. The van der Waals surface area contributed by atoms with Crippen LogP contribution in [-0.2, 0) is 0 Å². The summed E-state index contributed by atoms with van der Waals surface area (Å²) >= 11 is 0. The number of methoxy groups -OCH3 is 1. The van der Waals surface area contributed by atoms with Crippen LogP contribution in [0.2, 0.25) is 0 Å². The van der Waals surface area contributed by atoms with Crippen molar-refractivity contribution in [3.63, 3.8) is 0 Å². The largest absolute Gasteiger partial charge is 0.508 e. The topological polar surface area (TPSA) is 68.5 Å². The first-order chi connectivity index (χ1) is 11.7. The first-order valence-electron chi connectivity index (χ1n) is 7.86. The number of hydrogen-bond acceptors (Lipinski definition) is 6. The van der Waals surface area contributed by atoms with Gasteiger partial charge in [-0.3, -0.25) is 5.01 Å². The van der Waals surface area contributed by atoms with Crippen molar-refractivity contribution in [3.05, 3.63) is 48.0 Å². The maximum Gasteiger partial charge on any atom is 0.142 e. The Balaban J connectivity index is 1.62. The Bertz CT molecular complexity index is 725. The summed E-state index contributed by atoms with van der Waals surface area (Å²) in [5, 5.41) is 25.5. The van der Waals surface area contributed by atoms with Crippen LogP contribution in [0.25, 0.3) is 0 Å². The summed E-state index contributed by atoms with van der Waals surface area (Å²) in [7, 11) is 1.68. The van der Waals surface area contributed by atoms with E-state index in [1.54, 1.807) is 19.4 Å². The molecule has 0 bridgehead atoms. The minimum absolute atomic E-state index is 0.0198. The van der Waals surface area contributed by atoms with Gasteiger partial charge in [0.05, 0.1) is 32.1 Å². The summed E-state index contributed by atoms with van der Waals surface area (Å²) in [6.45, 7) is 3.26. The molecule has 0 aromatic heterocycles. The van der Waals surface area contributed by atoms with Crippen LogP contribution in [0.4, 0.5) is 5.69 Å². The Morgan fingerprint density at radius 2 is 1.79 bits per heavy atom. The molecule has 0 spiro atoms. The maximum atomic E-state index is 9.78. The lowest BCUT2D eigenvalue weighted by Crippen LogP contribution is -2.44. The van der Waals surface area contributed by atoms with Crippen LogP contribution >= 0.6 is 0 Å². The van der Waals surface area contributed by atoms with E-state index in [1.807, 2.05) is 23.2 Å². The van der Waals surface area contributed by atoms with E-state index in [0.717, 1.165) is 37.6 Å². The van der Waals surface area contributed by atoms with Gasteiger partial charge in [0, 0.05) is 24.7 Å². The van der Waals surface area contributed by atoms with Crippen molar-refractivity contribution >= 4 is 11.9 Å². The zero-order valence-corrected chi connectivity index (χ0v) is 13.6. The van der Waals surface area contributed by atoms with E-state index in [-0.39, 0.29) is 11.5 Å². The number of benzene rings is 2. The van der Waals surface area contributed by atoms with Gasteiger partial charge < -0.3 is 19.8 Å². The fourth-order valence-corrected chi connectivity index (χ4v) is 2.73. The van der Waals surface area contributed by atoms with E-state index >= 15 is 0 Å². The summed E-state index contributed by atoms with van der Waals surface area (Å²) in [4.78, 5) is 2.28. The van der Waals surface area contributed by atoms with Gasteiger partial charge in [-0.25, -0.2) is 0 Å². The van der Waals surface area contributed by atoms with Crippen molar-refractivity contribution in [1.82, 2.24) is 5.01 Å². The molecule has 24 heavy (non-hydrogen) atoms. The van der Waals surface area contributed by atoms with Crippen LogP contribution in [0, 0.1) is 0 Å². The number of hydrogen-bond donors (Lipinski definition) is 2. The Morgan fingerprint density at radius 1 is 1.04 bits per heavy atom. The monoisotopic (exact) mass is 327 g/mol. The van der Waals surface area contributed by atoms with E-state index in [4.69, 9.17) is 4.74 Å². The highest BCUT2D eigenvalue weighted by Crippen LogP contribution is 2.28. The number of nitrogens with zero attached hydrogens (tertiary/aromatic N) is 3. The maximum absolute atomic E-state index is 9.78. The SMILES string of the molecule is COc1ccccc1N1CCN(/N=C\c2ccc(O)cc2O)CC1. The molecule has 3 rings (SSSR count). The molecule has 126 valence electrons. The number of phenolic OH excluding ortho intramolecular Hbond substituents is 2. The predicted molar refractivity (Wildman–Crippen MR) is 94.1 cm³/mol. The summed E-state index contributed by atoms with van der Waals surface area (Å²) < 4.78 is 5.42. The lowest BCUT2D eigenvalue weighted by atomic mass is 10.2. The molecule has 0 aliphatic carbocycles. The number of anilines is 1. The highest BCUT2D eigenvalue weighted by molar-refractivity contribution is 5.83. The Labute approximate surface area is 141 Å². The van der Waals surface area contributed by atoms with Crippen molar-refractivity contribution in [2.75, 3.05) is 38.2 Å². The Hall–Kier alpha value is -2.89. The Kier molecular flexibility index (Phi) is 4.74. The van der Waals surface area contributed by atoms with Crippen LogP contribution in [-0.4, -0.2) is 54.7 Å². The lowest BCUT2D eigenvalue weighted by molar-refractivity contribution is 0.271. The van der Waals surface area contributed by atoms with Crippen LogP contribution in [0.5, 0.6) is 17.2 Å². The summed E-state index contributed by atoms with van der Waals surface area (Å²) in [6, 6.07) is 12.5. The molecule has 2 aromatic carbocycles. The number of piperazine rings is 1. The smallest absolute Gasteiger partial charge is 0.142 e. The lowest BCUT2D eigenvalue weighted by Gasteiger charge is -2.35. The minimum Gasteiger partial charge on any atom is -0.508 e. The third-order valence-electron chi connectivity index (χ3n) is 4.06. The van der Waals surface area contributed by atoms with Gasteiger partial charge in [-0.1, -0.05) is 12.1 Å². The van der Waals surface area contributed by atoms with E-state index in [0.29, 0.717) is 5.56 Å². The quantitative estimate of drug-likeness (QED) is 0.843. The van der Waals surface area contributed by atoms with Crippen LogP contribution in [0.1, 0.15) is 5.56 Å². The van der Waals surface area contributed by atoms with Gasteiger partial charge in [0.1, 0.15) is 17.2 Å². The number of phenols is 2. The predicted octanol–water partition coefficient (Wildman–Crippen LogP) is 2.26. The molecule has 6 heteroatoms. The molecule has 0 radical (unpaired) electrons. The highest BCUT2D eigenvalue weighted by atomic mass is 16.5. The third kappa shape index (κ3) is 3.53. The zero-order valence-electron chi connectivity index (χ0n) is 13.6. The normalized spacial score (nSPS) is 15.0. The van der Waals surface area contributed by atoms with Crippen molar-refractivity contribution in [3.8, 4) is 17.2 Å². The van der Waals surface area contributed by atoms with Gasteiger partial charge in [0.25, 0.3) is 0 Å². The van der Waals surface area contributed by atoms with Crippen molar-refractivity contribution in [2.24, 2.45) is 5.10 Å². The highest BCUT2D eigenvalue weighted by Gasteiger charge is 2.18. The number of rotatable bonds is 4. The van der Waals surface area contributed by atoms with Crippen LogP contribution < -0.4 is 9.64 Å². The molecule has 0 unspecified atom stereocenters. The van der Waals surface area contributed by atoms with Gasteiger partial charge >= 0.3 is 0 Å².